The van der Waals surface area contributed by atoms with E-state index in [0.717, 1.165) is 26.1 Å². The number of hydrogen-bond acceptors (Lipinski definition) is 1. The van der Waals surface area contributed by atoms with Crippen molar-refractivity contribution in [2.24, 2.45) is 0 Å². The number of rotatable bonds is 4. The highest BCUT2D eigenvalue weighted by atomic mass is 15.2. The van der Waals surface area contributed by atoms with Crippen LogP contribution in [-0.4, -0.2) is 16.0 Å². The fraction of sp³-hybridized carbons (Fsp3) is 0.333. The molecule has 0 fully saturated rings. The summed E-state index contributed by atoms with van der Waals surface area (Å²) in [7, 11) is 0. The quantitative estimate of drug-likeness (QED) is 0.619. The fourth-order valence-electron chi connectivity index (χ4n) is 4.06. The van der Waals surface area contributed by atoms with Gasteiger partial charge in [0.15, 0.2) is 0 Å². The van der Waals surface area contributed by atoms with E-state index >= 15 is 0 Å². The molecule has 134 valence electrons. The summed E-state index contributed by atoms with van der Waals surface area (Å²) in [4.78, 5) is 2.64. The van der Waals surface area contributed by atoms with Crippen LogP contribution in [0.5, 0.6) is 0 Å². The molecule has 0 saturated heterocycles. The van der Waals surface area contributed by atoms with Crippen molar-refractivity contribution in [2.75, 3.05) is 6.54 Å². The van der Waals surface area contributed by atoms with Crippen LogP contribution in [-0.2, 0) is 19.5 Å². The van der Waals surface area contributed by atoms with Crippen LogP contribution in [0, 0.1) is 6.92 Å². The van der Waals surface area contributed by atoms with Gasteiger partial charge in [-0.15, -0.1) is 0 Å². The Labute approximate surface area is 157 Å². The molecule has 3 aromatic rings. The molecule has 0 saturated carbocycles. The predicted molar refractivity (Wildman–Crippen MR) is 108 cm³/mol. The third-order valence-corrected chi connectivity index (χ3v) is 5.56. The van der Waals surface area contributed by atoms with Crippen molar-refractivity contribution in [1.82, 2.24) is 9.47 Å². The summed E-state index contributed by atoms with van der Waals surface area (Å²) in [5.74, 6) is 0. The standard InChI is InChI=1S/C24H28N2/c1-3-20-9-11-21(12-10-20)18-26-17-5-16-25-15-4-6-23(25)24(26)22-13-7-19(2)8-14-22/h4,6-15,24H,3,5,16-18H2,1-2H3. The van der Waals surface area contributed by atoms with Crippen molar-refractivity contribution in [3.63, 3.8) is 0 Å². The molecule has 0 bridgehead atoms. The van der Waals surface area contributed by atoms with E-state index in [4.69, 9.17) is 0 Å². The van der Waals surface area contributed by atoms with E-state index in [1.165, 1.54) is 34.4 Å². The first-order chi connectivity index (χ1) is 12.7. The number of aryl methyl sites for hydroxylation is 3. The van der Waals surface area contributed by atoms with Crippen LogP contribution in [0.15, 0.2) is 66.9 Å². The summed E-state index contributed by atoms with van der Waals surface area (Å²) >= 11 is 0. The van der Waals surface area contributed by atoms with Crippen molar-refractivity contribution in [2.45, 2.75) is 45.8 Å². The lowest BCUT2D eigenvalue weighted by Crippen LogP contribution is -2.29. The molecule has 0 radical (unpaired) electrons. The first kappa shape index (κ1) is 17.1. The Kier molecular flexibility index (Phi) is 4.94. The summed E-state index contributed by atoms with van der Waals surface area (Å²) in [6.45, 7) is 7.59. The van der Waals surface area contributed by atoms with E-state index < -0.39 is 0 Å². The molecule has 2 aromatic carbocycles. The zero-order chi connectivity index (χ0) is 17.9. The second-order valence-corrected chi connectivity index (χ2v) is 7.43. The third kappa shape index (κ3) is 3.47. The van der Waals surface area contributed by atoms with Crippen LogP contribution in [0.1, 0.15) is 47.3 Å². The molecule has 0 aliphatic carbocycles. The Morgan fingerprint density at radius 2 is 1.62 bits per heavy atom. The molecule has 1 aliphatic heterocycles. The normalized spacial score (nSPS) is 17.7. The molecule has 2 heteroatoms. The molecule has 1 aromatic heterocycles. The van der Waals surface area contributed by atoms with E-state index in [0.29, 0.717) is 6.04 Å². The molecule has 1 aliphatic rings. The number of nitrogens with zero attached hydrogens (tertiary/aromatic N) is 2. The van der Waals surface area contributed by atoms with Gasteiger partial charge in [-0.25, -0.2) is 0 Å². The largest absolute Gasteiger partial charge is 0.350 e. The summed E-state index contributed by atoms with van der Waals surface area (Å²) in [5, 5.41) is 0. The smallest absolute Gasteiger partial charge is 0.0759 e. The van der Waals surface area contributed by atoms with E-state index in [1.807, 2.05) is 0 Å². The highest BCUT2D eigenvalue weighted by Crippen LogP contribution is 2.33. The molecule has 2 nitrogen and oxygen atoms in total. The van der Waals surface area contributed by atoms with E-state index in [-0.39, 0.29) is 0 Å². The van der Waals surface area contributed by atoms with Gasteiger partial charge in [-0.1, -0.05) is 61.0 Å². The molecule has 26 heavy (non-hydrogen) atoms. The average molecular weight is 345 g/mol. The van der Waals surface area contributed by atoms with Crippen molar-refractivity contribution in [3.8, 4) is 0 Å². The topological polar surface area (TPSA) is 8.17 Å². The minimum atomic E-state index is 0.318. The van der Waals surface area contributed by atoms with Gasteiger partial charge in [-0.3, -0.25) is 4.90 Å². The van der Waals surface area contributed by atoms with E-state index in [2.05, 4.69) is 90.2 Å². The van der Waals surface area contributed by atoms with Gasteiger partial charge < -0.3 is 4.57 Å². The summed E-state index contributed by atoms with van der Waals surface area (Å²) in [6.07, 6.45) is 4.52. The van der Waals surface area contributed by atoms with Crippen molar-refractivity contribution in [1.29, 1.82) is 0 Å². The minimum absolute atomic E-state index is 0.318. The highest BCUT2D eigenvalue weighted by molar-refractivity contribution is 5.32. The Bertz CT molecular complexity index is 843. The lowest BCUT2D eigenvalue weighted by atomic mass is 9.99. The maximum absolute atomic E-state index is 2.64. The summed E-state index contributed by atoms with van der Waals surface area (Å²) in [5.41, 5.74) is 6.94. The van der Waals surface area contributed by atoms with Gasteiger partial charge in [0.05, 0.1) is 6.04 Å². The molecule has 0 amide bonds. The number of fused-ring (bicyclic) bond motifs is 1. The van der Waals surface area contributed by atoms with Crippen molar-refractivity contribution in [3.05, 3.63) is 94.8 Å². The summed E-state index contributed by atoms with van der Waals surface area (Å²) < 4.78 is 2.44. The molecule has 4 rings (SSSR count). The number of aromatic nitrogens is 1. The van der Waals surface area contributed by atoms with Gasteiger partial charge in [0.1, 0.15) is 0 Å². The Balaban J connectivity index is 1.69. The van der Waals surface area contributed by atoms with Gasteiger partial charge in [0.25, 0.3) is 0 Å². The number of hydrogen-bond donors (Lipinski definition) is 0. The monoisotopic (exact) mass is 344 g/mol. The maximum Gasteiger partial charge on any atom is 0.0759 e. The average Bonchev–Trinajstić information content (AvgIpc) is 3.05. The Morgan fingerprint density at radius 1 is 0.885 bits per heavy atom. The maximum atomic E-state index is 2.64. The molecular weight excluding hydrogens is 316 g/mol. The van der Waals surface area contributed by atoms with Gasteiger partial charge in [-0.05, 0) is 48.6 Å². The highest BCUT2D eigenvalue weighted by Gasteiger charge is 2.27. The zero-order valence-electron chi connectivity index (χ0n) is 15.9. The van der Waals surface area contributed by atoms with Crippen LogP contribution in [0.25, 0.3) is 0 Å². The van der Waals surface area contributed by atoms with E-state index in [9.17, 15) is 0 Å². The zero-order valence-corrected chi connectivity index (χ0v) is 15.9. The van der Waals surface area contributed by atoms with Crippen LogP contribution in [0.2, 0.25) is 0 Å². The Hall–Kier alpha value is -2.32. The lowest BCUT2D eigenvalue weighted by Gasteiger charge is -2.31. The second-order valence-electron chi connectivity index (χ2n) is 7.43. The molecule has 1 atom stereocenters. The number of benzene rings is 2. The van der Waals surface area contributed by atoms with Crippen LogP contribution >= 0.6 is 0 Å². The lowest BCUT2D eigenvalue weighted by molar-refractivity contribution is 0.220. The fourth-order valence-corrected chi connectivity index (χ4v) is 4.06. The Morgan fingerprint density at radius 3 is 2.35 bits per heavy atom. The van der Waals surface area contributed by atoms with Gasteiger partial charge in [0.2, 0.25) is 0 Å². The van der Waals surface area contributed by atoms with Crippen LogP contribution in [0.3, 0.4) is 0 Å². The van der Waals surface area contributed by atoms with Crippen LogP contribution < -0.4 is 0 Å². The first-order valence-corrected chi connectivity index (χ1v) is 9.78. The summed E-state index contributed by atoms with van der Waals surface area (Å²) in [6, 6.07) is 23.0. The van der Waals surface area contributed by atoms with Crippen LogP contribution in [0.4, 0.5) is 0 Å². The van der Waals surface area contributed by atoms with Crippen molar-refractivity contribution < 1.29 is 0 Å². The second kappa shape index (κ2) is 7.51. The van der Waals surface area contributed by atoms with E-state index in [1.54, 1.807) is 0 Å². The minimum Gasteiger partial charge on any atom is -0.350 e. The van der Waals surface area contributed by atoms with Gasteiger partial charge in [0, 0.05) is 31.5 Å². The van der Waals surface area contributed by atoms with Crippen molar-refractivity contribution >= 4 is 0 Å². The molecule has 2 heterocycles. The predicted octanol–water partition coefficient (Wildman–Crippen LogP) is 5.35. The molecule has 0 N–H and O–H groups in total. The SMILES string of the molecule is CCc1ccc(CN2CCCn3cccc3C2c2ccc(C)cc2)cc1. The first-order valence-electron chi connectivity index (χ1n) is 9.78. The molecular formula is C24H28N2. The van der Waals surface area contributed by atoms with Gasteiger partial charge in [-0.2, -0.15) is 0 Å². The molecule has 1 unspecified atom stereocenters. The van der Waals surface area contributed by atoms with Gasteiger partial charge >= 0.3 is 0 Å². The molecule has 0 spiro atoms. The third-order valence-electron chi connectivity index (χ3n) is 5.56.